The van der Waals surface area contributed by atoms with Crippen LogP contribution in [0.5, 0.6) is 11.5 Å². The minimum atomic E-state index is -0.243. The molecule has 0 aliphatic heterocycles. The first-order chi connectivity index (χ1) is 14.2. The van der Waals surface area contributed by atoms with Crippen molar-refractivity contribution in [3.05, 3.63) is 108 Å². The van der Waals surface area contributed by atoms with Gasteiger partial charge < -0.3 is 9.84 Å². The van der Waals surface area contributed by atoms with Gasteiger partial charge in [-0.05, 0) is 35.4 Å². The molecule has 4 aromatic rings. The highest BCUT2D eigenvalue weighted by Crippen LogP contribution is 2.40. The zero-order chi connectivity index (χ0) is 20.2. The maximum absolute atomic E-state index is 10.9. The van der Waals surface area contributed by atoms with Crippen LogP contribution >= 0.6 is 0 Å². The van der Waals surface area contributed by atoms with Crippen LogP contribution in [-0.4, -0.2) is 12.2 Å². The lowest BCUT2D eigenvalue weighted by molar-refractivity contribution is 0.397. The van der Waals surface area contributed by atoms with Crippen molar-refractivity contribution in [2.75, 3.05) is 7.11 Å². The van der Waals surface area contributed by atoms with Crippen LogP contribution in [0.4, 0.5) is 0 Å². The number of rotatable bonds is 6. The van der Waals surface area contributed by atoms with Crippen LogP contribution in [0.1, 0.15) is 35.7 Å². The normalized spacial score (nSPS) is 13.2. The van der Waals surface area contributed by atoms with Crippen molar-refractivity contribution in [2.45, 2.75) is 19.0 Å². The molecule has 0 aliphatic carbocycles. The quantitative estimate of drug-likeness (QED) is 0.429. The number of hydrogen-bond donors (Lipinski definition) is 2. The van der Waals surface area contributed by atoms with Crippen LogP contribution in [-0.2, 0) is 0 Å². The SMILES string of the molecule is COc1ccccc1C(NC(C)c1ccccc1)c1c(O)ccc2ccccc12. The van der Waals surface area contributed by atoms with Crippen LogP contribution in [0, 0.1) is 0 Å². The first kappa shape index (κ1) is 19.0. The number of nitrogens with one attached hydrogen (secondary N) is 1. The minimum absolute atomic E-state index is 0.0736. The van der Waals surface area contributed by atoms with Gasteiger partial charge in [0.15, 0.2) is 0 Å². The van der Waals surface area contributed by atoms with Crippen LogP contribution in [0.15, 0.2) is 91.0 Å². The molecule has 29 heavy (non-hydrogen) atoms. The standard InChI is InChI=1S/C26H25NO2/c1-18(19-10-4-3-5-11-19)27-26(22-14-8-9-15-24(22)29-2)25-21-13-7-6-12-20(21)16-17-23(25)28/h3-18,26-28H,1-2H3. The fourth-order valence-corrected chi connectivity index (χ4v) is 3.91. The highest BCUT2D eigenvalue weighted by molar-refractivity contribution is 5.88. The second-order valence-electron chi connectivity index (χ2n) is 7.19. The van der Waals surface area contributed by atoms with Gasteiger partial charge in [0.05, 0.1) is 13.2 Å². The number of methoxy groups -OCH3 is 1. The van der Waals surface area contributed by atoms with E-state index >= 15 is 0 Å². The Labute approximate surface area is 171 Å². The summed E-state index contributed by atoms with van der Waals surface area (Å²) in [7, 11) is 1.68. The Morgan fingerprint density at radius 2 is 1.48 bits per heavy atom. The third kappa shape index (κ3) is 3.82. The van der Waals surface area contributed by atoms with Crippen molar-refractivity contribution in [1.29, 1.82) is 0 Å². The Hall–Kier alpha value is -3.30. The van der Waals surface area contributed by atoms with E-state index in [1.54, 1.807) is 13.2 Å². The zero-order valence-electron chi connectivity index (χ0n) is 16.7. The molecule has 0 aromatic heterocycles. The second kappa shape index (κ2) is 8.38. The lowest BCUT2D eigenvalue weighted by Gasteiger charge is -2.27. The van der Waals surface area contributed by atoms with Crippen molar-refractivity contribution in [3.8, 4) is 11.5 Å². The molecule has 2 N–H and O–H groups in total. The third-order valence-electron chi connectivity index (χ3n) is 5.40. The summed E-state index contributed by atoms with van der Waals surface area (Å²) >= 11 is 0. The molecule has 4 rings (SSSR count). The molecule has 4 aromatic carbocycles. The van der Waals surface area contributed by atoms with Crippen LogP contribution in [0.3, 0.4) is 0 Å². The number of phenols is 1. The smallest absolute Gasteiger partial charge is 0.123 e. The first-order valence-corrected chi connectivity index (χ1v) is 9.83. The molecule has 0 saturated heterocycles. The van der Waals surface area contributed by atoms with Gasteiger partial charge in [-0.1, -0.05) is 78.9 Å². The number of ether oxygens (including phenoxy) is 1. The van der Waals surface area contributed by atoms with Crippen LogP contribution < -0.4 is 10.1 Å². The van der Waals surface area contributed by atoms with E-state index in [9.17, 15) is 5.11 Å². The molecule has 2 atom stereocenters. The largest absolute Gasteiger partial charge is 0.508 e. The molecule has 0 spiro atoms. The topological polar surface area (TPSA) is 41.5 Å². The summed E-state index contributed by atoms with van der Waals surface area (Å²) < 4.78 is 5.67. The summed E-state index contributed by atoms with van der Waals surface area (Å²) in [4.78, 5) is 0. The maximum atomic E-state index is 10.9. The number of phenolic OH excluding ortho intramolecular Hbond substituents is 1. The first-order valence-electron chi connectivity index (χ1n) is 9.83. The Kier molecular flexibility index (Phi) is 5.50. The summed E-state index contributed by atoms with van der Waals surface area (Å²) in [5, 5.41) is 16.8. The van der Waals surface area contributed by atoms with Gasteiger partial charge in [0.2, 0.25) is 0 Å². The summed E-state index contributed by atoms with van der Waals surface area (Å²) in [5.41, 5.74) is 3.03. The molecule has 146 valence electrons. The summed E-state index contributed by atoms with van der Waals surface area (Å²) in [6.07, 6.45) is 0. The van der Waals surface area contributed by atoms with E-state index < -0.39 is 0 Å². The molecule has 3 nitrogen and oxygen atoms in total. The van der Waals surface area contributed by atoms with Gasteiger partial charge in [-0.25, -0.2) is 0 Å². The molecule has 0 saturated carbocycles. The average molecular weight is 383 g/mol. The van der Waals surface area contributed by atoms with Gasteiger partial charge >= 0.3 is 0 Å². The lowest BCUT2D eigenvalue weighted by atomic mass is 9.91. The fourth-order valence-electron chi connectivity index (χ4n) is 3.91. The van der Waals surface area contributed by atoms with Crippen molar-refractivity contribution < 1.29 is 9.84 Å². The molecule has 3 heteroatoms. The third-order valence-corrected chi connectivity index (χ3v) is 5.40. The molecule has 0 fully saturated rings. The molecule has 2 unspecified atom stereocenters. The lowest BCUT2D eigenvalue weighted by Crippen LogP contribution is -2.26. The Morgan fingerprint density at radius 1 is 0.793 bits per heavy atom. The molecular weight excluding hydrogens is 358 g/mol. The van der Waals surface area contributed by atoms with E-state index in [1.165, 1.54) is 5.56 Å². The number of benzene rings is 4. The second-order valence-corrected chi connectivity index (χ2v) is 7.19. The fraction of sp³-hybridized carbons (Fsp3) is 0.154. The van der Waals surface area contributed by atoms with Gasteiger partial charge in [-0.3, -0.25) is 5.32 Å². The summed E-state index contributed by atoms with van der Waals surface area (Å²) in [6.45, 7) is 2.14. The van der Waals surface area contributed by atoms with Crippen molar-refractivity contribution in [3.63, 3.8) is 0 Å². The Balaban J connectivity index is 1.89. The van der Waals surface area contributed by atoms with E-state index in [-0.39, 0.29) is 17.8 Å². The van der Waals surface area contributed by atoms with E-state index in [2.05, 4.69) is 42.6 Å². The molecule has 0 bridgehead atoms. The van der Waals surface area contributed by atoms with Gasteiger partial charge in [-0.2, -0.15) is 0 Å². The van der Waals surface area contributed by atoms with Gasteiger partial charge in [-0.15, -0.1) is 0 Å². The van der Waals surface area contributed by atoms with Gasteiger partial charge in [0, 0.05) is 17.2 Å². The van der Waals surface area contributed by atoms with Crippen molar-refractivity contribution >= 4 is 10.8 Å². The zero-order valence-corrected chi connectivity index (χ0v) is 16.7. The van der Waals surface area contributed by atoms with Crippen molar-refractivity contribution in [1.82, 2.24) is 5.32 Å². The Morgan fingerprint density at radius 3 is 2.28 bits per heavy atom. The molecule has 0 heterocycles. The molecular formula is C26H25NO2. The highest BCUT2D eigenvalue weighted by atomic mass is 16.5. The van der Waals surface area contributed by atoms with E-state index in [4.69, 9.17) is 4.74 Å². The van der Waals surface area contributed by atoms with Gasteiger partial charge in [0.1, 0.15) is 11.5 Å². The van der Waals surface area contributed by atoms with Crippen LogP contribution in [0.2, 0.25) is 0 Å². The summed E-state index contributed by atoms with van der Waals surface area (Å²) in [6, 6.07) is 30.0. The van der Waals surface area contributed by atoms with Crippen LogP contribution in [0.25, 0.3) is 10.8 Å². The number of hydrogen-bond acceptors (Lipinski definition) is 3. The maximum Gasteiger partial charge on any atom is 0.123 e. The average Bonchev–Trinajstić information content (AvgIpc) is 2.78. The molecule has 0 aliphatic rings. The van der Waals surface area contributed by atoms with E-state index in [0.29, 0.717) is 0 Å². The number of para-hydroxylation sites is 1. The summed E-state index contributed by atoms with van der Waals surface area (Å²) in [5.74, 6) is 1.06. The molecule has 0 amide bonds. The predicted molar refractivity (Wildman–Crippen MR) is 118 cm³/mol. The highest BCUT2D eigenvalue weighted by Gasteiger charge is 2.25. The number of fused-ring (bicyclic) bond motifs is 1. The minimum Gasteiger partial charge on any atom is -0.508 e. The van der Waals surface area contributed by atoms with Crippen molar-refractivity contribution in [2.24, 2.45) is 0 Å². The van der Waals surface area contributed by atoms with Gasteiger partial charge in [0.25, 0.3) is 0 Å². The molecule has 0 radical (unpaired) electrons. The Bertz CT molecular complexity index is 1110. The monoisotopic (exact) mass is 383 g/mol. The predicted octanol–water partition coefficient (Wildman–Crippen LogP) is 5.99. The van der Waals surface area contributed by atoms with E-state index in [0.717, 1.165) is 27.6 Å². The van der Waals surface area contributed by atoms with E-state index in [1.807, 2.05) is 54.6 Å². The number of aromatic hydroxyl groups is 1.